The number of nitrogens with two attached hydrogens (primary N) is 1. The van der Waals surface area contributed by atoms with Gasteiger partial charge < -0.3 is 10.5 Å². The Balaban J connectivity index is 1.64. The monoisotopic (exact) mass is 364 g/mol. The summed E-state index contributed by atoms with van der Waals surface area (Å²) in [6.07, 6.45) is 3.54. The van der Waals surface area contributed by atoms with Gasteiger partial charge in [0.1, 0.15) is 5.60 Å². The number of ether oxygens (including phenoxy) is 1. The third kappa shape index (κ3) is 3.28. The van der Waals surface area contributed by atoms with E-state index < -0.39 is 0 Å². The van der Waals surface area contributed by atoms with Gasteiger partial charge in [0.05, 0.1) is 0 Å². The molecule has 4 heteroatoms. The van der Waals surface area contributed by atoms with Gasteiger partial charge in [0, 0.05) is 44.1 Å². The van der Waals surface area contributed by atoms with E-state index in [0.717, 1.165) is 38.0 Å². The van der Waals surface area contributed by atoms with Gasteiger partial charge in [-0.25, -0.2) is 0 Å². The van der Waals surface area contributed by atoms with Gasteiger partial charge in [-0.05, 0) is 36.1 Å². The molecule has 1 aliphatic carbocycles. The largest absolute Gasteiger partial charge is 0.373 e. The molecule has 0 radical (unpaired) electrons. The van der Waals surface area contributed by atoms with E-state index in [2.05, 4.69) is 41.3 Å². The van der Waals surface area contributed by atoms with Crippen LogP contribution < -0.4 is 5.73 Å². The number of carbonyl (C=O) groups excluding carboxylic acids is 1. The number of primary amides is 1. The summed E-state index contributed by atoms with van der Waals surface area (Å²) in [5.41, 5.74) is 8.24. The van der Waals surface area contributed by atoms with Crippen molar-refractivity contribution in [1.82, 2.24) is 4.90 Å². The number of hydrogen-bond donors (Lipinski definition) is 1. The molecule has 1 saturated heterocycles. The molecule has 0 spiro atoms. The van der Waals surface area contributed by atoms with E-state index >= 15 is 0 Å². The normalized spacial score (nSPS) is 28.0. The number of amides is 1. The second-order valence-electron chi connectivity index (χ2n) is 7.95. The molecule has 1 amide bonds. The Hall–Kier alpha value is -2.17. The van der Waals surface area contributed by atoms with Crippen molar-refractivity contribution in [3.8, 4) is 0 Å². The van der Waals surface area contributed by atoms with Crippen molar-refractivity contribution in [2.24, 2.45) is 17.6 Å². The highest BCUT2D eigenvalue weighted by molar-refractivity contribution is 5.92. The summed E-state index contributed by atoms with van der Waals surface area (Å²) < 4.78 is 6.29. The Bertz CT molecular complexity index is 791. The Labute approximate surface area is 161 Å². The maximum Gasteiger partial charge on any atom is 0.248 e. The molecule has 0 aromatic heterocycles. The van der Waals surface area contributed by atoms with Gasteiger partial charge in [0.2, 0.25) is 5.91 Å². The third-order valence-corrected chi connectivity index (χ3v) is 6.46. The molecule has 142 valence electrons. The SMILES string of the molecule is COC1(c2cccc(C(N)=O)c2)[C@@H]2CCC[C@H]1CN(Cc1ccccc1)C2. The summed E-state index contributed by atoms with van der Waals surface area (Å²) in [5.74, 6) is 0.457. The number of methoxy groups -OCH3 is 1. The van der Waals surface area contributed by atoms with Crippen LogP contribution in [0.3, 0.4) is 0 Å². The standard InChI is InChI=1S/C23H28N2O2/c1-27-23(19-10-5-9-18(13-19)22(24)26)20-11-6-12-21(23)16-25(15-20)14-17-7-3-2-4-8-17/h2-5,7-10,13,20-21H,6,11-12,14-16H2,1H3,(H2,24,26)/t20-,21+,23?. The van der Waals surface area contributed by atoms with Crippen LogP contribution >= 0.6 is 0 Å². The minimum atomic E-state index is -0.380. The number of benzene rings is 2. The number of fused-ring (bicyclic) bond motifs is 2. The Kier molecular flexibility index (Phi) is 5.02. The van der Waals surface area contributed by atoms with Crippen LogP contribution in [0.5, 0.6) is 0 Å². The molecule has 2 aromatic rings. The van der Waals surface area contributed by atoms with E-state index in [4.69, 9.17) is 10.5 Å². The van der Waals surface area contributed by atoms with Crippen molar-refractivity contribution < 1.29 is 9.53 Å². The van der Waals surface area contributed by atoms with Gasteiger partial charge in [-0.3, -0.25) is 9.69 Å². The number of likely N-dealkylation sites (tertiary alicyclic amines) is 1. The van der Waals surface area contributed by atoms with Crippen LogP contribution in [-0.2, 0) is 16.9 Å². The molecular formula is C23H28N2O2. The second-order valence-corrected chi connectivity index (χ2v) is 7.95. The lowest BCUT2D eigenvalue weighted by atomic mass is 9.62. The summed E-state index contributed by atoms with van der Waals surface area (Å²) >= 11 is 0. The van der Waals surface area contributed by atoms with Crippen molar-refractivity contribution in [1.29, 1.82) is 0 Å². The zero-order chi connectivity index (χ0) is 18.9. The highest BCUT2D eigenvalue weighted by atomic mass is 16.5. The van der Waals surface area contributed by atoms with Gasteiger partial charge in [-0.2, -0.15) is 0 Å². The van der Waals surface area contributed by atoms with E-state index in [1.54, 1.807) is 6.07 Å². The lowest BCUT2D eigenvalue weighted by Gasteiger charge is -2.55. The molecule has 1 saturated carbocycles. The fourth-order valence-electron chi connectivity index (χ4n) is 5.33. The molecule has 2 fully saturated rings. The summed E-state index contributed by atoms with van der Waals surface area (Å²) in [7, 11) is 1.83. The first-order valence-electron chi connectivity index (χ1n) is 9.85. The summed E-state index contributed by atoms with van der Waals surface area (Å²) in [5, 5.41) is 0. The van der Waals surface area contributed by atoms with Gasteiger partial charge in [-0.15, -0.1) is 0 Å². The minimum Gasteiger partial charge on any atom is -0.373 e. The topological polar surface area (TPSA) is 55.6 Å². The first-order valence-corrected chi connectivity index (χ1v) is 9.85. The molecule has 4 nitrogen and oxygen atoms in total. The van der Waals surface area contributed by atoms with Gasteiger partial charge in [-0.1, -0.05) is 48.9 Å². The van der Waals surface area contributed by atoms with E-state index in [9.17, 15) is 4.79 Å². The maximum atomic E-state index is 11.7. The Morgan fingerprint density at radius 1 is 1.11 bits per heavy atom. The molecule has 1 unspecified atom stereocenters. The average molecular weight is 364 g/mol. The molecule has 1 aliphatic heterocycles. The number of carbonyl (C=O) groups is 1. The van der Waals surface area contributed by atoms with Crippen LogP contribution in [0, 0.1) is 11.8 Å². The third-order valence-electron chi connectivity index (χ3n) is 6.46. The van der Waals surface area contributed by atoms with Crippen molar-refractivity contribution in [2.45, 2.75) is 31.4 Å². The van der Waals surface area contributed by atoms with Crippen molar-refractivity contribution in [3.63, 3.8) is 0 Å². The van der Waals surface area contributed by atoms with Crippen LogP contribution in [0.25, 0.3) is 0 Å². The number of nitrogens with zero attached hydrogens (tertiary/aromatic N) is 1. The van der Waals surface area contributed by atoms with Crippen molar-refractivity contribution in [2.75, 3.05) is 20.2 Å². The zero-order valence-corrected chi connectivity index (χ0v) is 15.9. The van der Waals surface area contributed by atoms with Crippen molar-refractivity contribution >= 4 is 5.91 Å². The first-order chi connectivity index (χ1) is 13.1. The Morgan fingerprint density at radius 3 is 2.44 bits per heavy atom. The zero-order valence-electron chi connectivity index (χ0n) is 15.9. The first kappa shape index (κ1) is 18.2. The van der Waals surface area contributed by atoms with Crippen LogP contribution in [0.4, 0.5) is 0 Å². The van der Waals surface area contributed by atoms with Crippen LogP contribution in [-0.4, -0.2) is 31.0 Å². The van der Waals surface area contributed by atoms with E-state index in [1.165, 1.54) is 12.0 Å². The predicted molar refractivity (Wildman–Crippen MR) is 106 cm³/mol. The number of hydrogen-bond acceptors (Lipinski definition) is 3. The molecule has 2 bridgehead atoms. The molecule has 1 heterocycles. The lowest BCUT2D eigenvalue weighted by Crippen LogP contribution is -2.58. The summed E-state index contributed by atoms with van der Waals surface area (Å²) in [4.78, 5) is 14.3. The molecule has 2 aromatic carbocycles. The van der Waals surface area contributed by atoms with E-state index in [0.29, 0.717) is 17.4 Å². The van der Waals surface area contributed by atoms with Crippen molar-refractivity contribution in [3.05, 3.63) is 71.3 Å². The molecule has 4 rings (SSSR count). The van der Waals surface area contributed by atoms with E-state index in [1.807, 2.05) is 19.2 Å². The van der Waals surface area contributed by atoms with Crippen LogP contribution in [0.1, 0.15) is 40.7 Å². The fraction of sp³-hybridized carbons (Fsp3) is 0.435. The minimum absolute atomic E-state index is 0.323. The highest BCUT2D eigenvalue weighted by Crippen LogP contribution is 2.51. The molecular weight excluding hydrogens is 336 g/mol. The van der Waals surface area contributed by atoms with Gasteiger partial charge >= 0.3 is 0 Å². The second kappa shape index (κ2) is 7.45. The smallest absolute Gasteiger partial charge is 0.248 e. The average Bonchev–Trinajstić information content (AvgIpc) is 2.68. The molecule has 3 atom stereocenters. The number of rotatable bonds is 5. The highest BCUT2D eigenvalue weighted by Gasteiger charge is 2.53. The van der Waals surface area contributed by atoms with Gasteiger partial charge in [0.15, 0.2) is 0 Å². The van der Waals surface area contributed by atoms with Gasteiger partial charge in [0.25, 0.3) is 0 Å². The maximum absolute atomic E-state index is 11.7. The van der Waals surface area contributed by atoms with Crippen LogP contribution in [0.2, 0.25) is 0 Å². The van der Waals surface area contributed by atoms with Crippen LogP contribution in [0.15, 0.2) is 54.6 Å². The van der Waals surface area contributed by atoms with E-state index in [-0.39, 0.29) is 11.5 Å². The molecule has 27 heavy (non-hydrogen) atoms. The molecule has 2 N–H and O–H groups in total. The fourth-order valence-corrected chi connectivity index (χ4v) is 5.33. The lowest BCUT2D eigenvalue weighted by molar-refractivity contribution is -0.170. The predicted octanol–water partition coefficient (Wildman–Crippen LogP) is 3.56. The molecule has 2 aliphatic rings. The number of piperidine rings is 1. The summed E-state index contributed by atoms with van der Waals surface area (Å²) in [6, 6.07) is 18.4. The summed E-state index contributed by atoms with van der Waals surface area (Å²) in [6.45, 7) is 3.01. The quantitative estimate of drug-likeness (QED) is 0.883. The Morgan fingerprint density at radius 2 is 1.81 bits per heavy atom.